The predicted octanol–water partition coefficient (Wildman–Crippen LogP) is 13.9. The Kier molecular flexibility index (Phi) is 11.2. The molecule has 8 rings (SSSR count). The van der Waals surface area contributed by atoms with Gasteiger partial charge < -0.3 is 9.30 Å². The first kappa shape index (κ1) is 40.9. The predicted molar refractivity (Wildman–Crippen MR) is 236 cm³/mol. The molecule has 0 radical (unpaired) electrons. The van der Waals surface area contributed by atoms with Gasteiger partial charge in [0.2, 0.25) is 0 Å². The van der Waals surface area contributed by atoms with E-state index in [1.165, 1.54) is 27.8 Å². The zero-order valence-electron chi connectivity index (χ0n) is 35.2. The summed E-state index contributed by atoms with van der Waals surface area (Å²) in [5.74, 6) is 2.68. The van der Waals surface area contributed by atoms with Gasteiger partial charge in [0, 0.05) is 39.8 Å². The number of hydrogen-bond acceptors (Lipinski definition) is 3. The fourth-order valence-corrected chi connectivity index (χ4v) is 7.97. The van der Waals surface area contributed by atoms with Crippen LogP contribution >= 0.6 is 0 Å². The molecule has 0 spiro atoms. The molecule has 0 amide bonds. The largest absolute Gasteiger partial charge is 2.00 e. The number of fused-ring (bicyclic) bond motifs is 3. The van der Waals surface area contributed by atoms with Gasteiger partial charge in [-0.15, -0.1) is 35.7 Å². The van der Waals surface area contributed by atoms with Crippen LogP contribution in [0, 0.1) is 12.1 Å². The van der Waals surface area contributed by atoms with E-state index in [9.17, 15) is 0 Å². The third-order valence-electron chi connectivity index (χ3n) is 10.9. The maximum atomic E-state index is 6.66. The smallest absolute Gasteiger partial charge is 0.509 e. The standard InChI is InChI=1S/C52H52N4O.Pt/c1-33(2)40-23-17-24-41(34(3)4)47(40)48-49(35-18-12-11-13-19-35)56(54-50(48)52(8,9)10)37-20-16-21-38(31-37)57-39-26-27-43-42-22-14-15-25-44(42)55(45(43)32-39)46-30-36(28-29-53-46)51(5,6)7;/h11-30,33-34H,1-10H3;/q-2;+2. The maximum absolute atomic E-state index is 6.66. The summed E-state index contributed by atoms with van der Waals surface area (Å²) in [6, 6.07) is 47.6. The minimum atomic E-state index is -0.249. The average molecular weight is 944 g/mol. The molecule has 0 aliphatic carbocycles. The monoisotopic (exact) mass is 943 g/mol. The van der Waals surface area contributed by atoms with Crippen LogP contribution in [0.1, 0.15) is 103 Å². The number of ether oxygens (including phenoxy) is 1. The van der Waals surface area contributed by atoms with Gasteiger partial charge in [-0.3, -0.25) is 4.68 Å². The number of aromatic nitrogens is 4. The number of para-hydroxylation sites is 1. The Balaban J connectivity index is 0.00000512. The molecule has 0 unspecified atom stereocenters. The maximum Gasteiger partial charge on any atom is 2.00 e. The molecule has 0 bridgehead atoms. The van der Waals surface area contributed by atoms with Crippen LogP contribution < -0.4 is 4.74 Å². The third kappa shape index (κ3) is 7.58. The van der Waals surface area contributed by atoms with E-state index in [0.717, 1.165) is 50.3 Å². The van der Waals surface area contributed by atoms with Crippen molar-refractivity contribution in [3.63, 3.8) is 0 Å². The van der Waals surface area contributed by atoms with Crippen LogP contribution in [0.4, 0.5) is 0 Å². The zero-order chi connectivity index (χ0) is 40.2. The van der Waals surface area contributed by atoms with Crippen LogP contribution in [-0.4, -0.2) is 19.3 Å². The summed E-state index contributed by atoms with van der Waals surface area (Å²) in [5.41, 5.74) is 12.0. The van der Waals surface area contributed by atoms with Gasteiger partial charge in [0.25, 0.3) is 0 Å². The number of pyridine rings is 1. The average Bonchev–Trinajstić information content (AvgIpc) is 3.75. The molecular formula is C52H52N4OPt. The molecule has 58 heavy (non-hydrogen) atoms. The molecule has 3 heterocycles. The van der Waals surface area contributed by atoms with Crippen molar-refractivity contribution in [2.24, 2.45) is 0 Å². The van der Waals surface area contributed by atoms with Crippen molar-refractivity contribution in [2.75, 3.05) is 0 Å². The molecular weight excluding hydrogens is 892 g/mol. The number of benzene rings is 5. The van der Waals surface area contributed by atoms with Gasteiger partial charge in [0.15, 0.2) is 0 Å². The quantitative estimate of drug-likeness (QED) is 0.143. The van der Waals surface area contributed by atoms with Crippen LogP contribution in [-0.2, 0) is 31.9 Å². The number of nitrogens with zero attached hydrogens (tertiary/aromatic N) is 4. The van der Waals surface area contributed by atoms with Gasteiger partial charge in [-0.25, -0.2) is 4.98 Å². The molecule has 3 aromatic heterocycles. The molecule has 0 N–H and O–H groups in total. The number of hydrogen-bond donors (Lipinski definition) is 0. The first-order chi connectivity index (χ1) is 27.2. The van der Waals surface area contributed by atoms with Crippen LogP contribution in [0.15, 0.2) is 121 Å². The third-order valence-corrected chi connectivity index (χ3v) is 10.9. The van der Waals surface area contributed by atoms with Gasteiger partial charge in [-0.05, 0) is 68.8 Å². The van der Waals surface area contributed by atoms with Crippen molar-refractivity contribution in [3.8, 4) is 45.4 Å². The second kappa shape index (κ2) is 15.8. The molecule has 5 aromatic carbocycles. The van der Waals surface area contributed by atoms with E-state index in [0.29, 0.717) is 23.3 Å². The summed E-state index contributed by atoms with van der Waals surface area (Å²) in [6.45, 7) is 22.6. The van der Waals surface area contributed by atoms with Crippen LogP contribution in [0.3, 0.4) is 0 Å². The first-order valence-corrected chi connectivity index (χ1v) is 20.2. The first-order valence-electron chi connectivity index (χ1n) is 20.2. The van der Waals surface area contributed by atoms with E-state index in [4.69, 9.17) is 14.8 Å². The van der Waals surface area contributed by atoms with Crippen molar-refractivity contribution in [3.05, 3.63) is 156 Å². The van der Waals surface area contributed by atoms with E-state index in [1.807, 2.05) is 24.4 Å². The van der Waals surface area contributed by atoms with E-state index < -0.39 is 0 Å². The Labute approximate surface area is 358 Å². The SMILES string of the molecule is CC(C)c1cccc(C(C)C)c1-c1c(C(C)(C)C)nn(-c2[c-]c(Oc3[c-]c4c(cc3)c3ccccc3n4-c3cc(C(C)(C)C)ccn3)ccc2)c1-c1ccccc1.[Pt+2]. The van der Waals surface area contributed by atoms with E-state index in [1.54, 1.807) is 0 Å². The van der Waals surface area contributed by atoms with Gasteiger partial charge in [0.05, 0.1) is 11.4 Å². The Hall–Kier alpha value is -5.25. The molecule has 5 nitrogen and oxygen atoms in total. The fraction of sp³-hybridized carbons (Fsp3) is 0.269. The topological polar surface area (TPSA) is 44.9 Å². The summed E-state index contributed by atoms with van der Waals surface area (Å²) < 4.78 is 10.9. The van der Waals surface area contributed by atoms with E-state index >= 15 is 0 Å². The van der Waals surface area contributed by atoms with Crippen LogP contribution in [0.5, 0.6) is 11.5 Å². The summed E-state index contributed by atoms with van der Waals surface area (Å²) in [7, 11) is 0. The van der Waals surface area contributed by atoms with Crippen molar-refractivity contribution in [1.29, 1.82) is 0 Å². The molecule has 0 fully saturated rings. The molecule has 0 saturated heterocycles. The van der Waals surface area contributed by atoms with Crippen molar-refractivity contribution in [1.82, 2.24) is 19.3 Å². The minimum absolute atomic E-state index is 0. The summed E-state index contributed by atoms with van der Waals surface area (Å²) >= 11 is 0. The van der Waals surface area contributed by atoms with Crippen molar-refractivity contribution >= 4 is 21.8 Å². The number of rotatable bonds is 8. The second-order valence-electron chi connectivity index (χ2n) is 17.8. The molecule has 0 saturated carbocycles. The van der Waals surface area contributed by atoms with Gasteiger partial charge in [-0.2, -0.15) is 17.2 Å². The van der Waals surface area contributed by atoms with Crippen molar-refractivity contribution < 1.29 is 25.8 Å². The molecule has 6 heteroatoms. The van der Waals surface area contributed by atoms with E-state index in [-0.39, 0.29) is 31.9 Å². The van der Waals surface area contributed by atoms with Gasteiger partial charge in [-0.1, -0.05) is 141 Å². The minimum Gasteiger partial charge on any atom is -0.509 e. The van der Waals surface area contributed by atoms with Crippen LogP contribution in [0.25, 0.3) is 55.7 Å². The van der Waals surface area contributed by atoms with Crippen LogP contribution in [0.2, 0.25) is 0 Å². The molecule has 0 atom stereocenters. The summed E-state index contributed by atoms with van der Waals surface area (Å²) in [6.07, 6.45) is 1.90. The fourth-order valence-electron chi connectivity index (χ4n) is 7.97. The molecule has 296 valence electrons. The Bertz CT molecular complexity index is 2720. The molecule has 0 aliphatic heterocycles. The summed E-state index contributed by atoms with van der Waals surface area (Å²) in [4.78, 5) is 4.85. The summed E-state index contributed by atoms with van der Waals surface area (Å²) in [5, 5.41) is 7.73. The Morgan fingerprint density at radius 3 is 1.95 bits per heavy atom. The zero-order valence-corrected chi connectivity index (χ0v) is 37.5. The molecule has 8 aromatic rings. The Morgan fingerprint density at radius 1 is 0.621 bits per heavy atom. The Morgan fingerprint density at radius 2 is 1.28 bits per heavy atom. The van der Waals surface area contributed by atoms with Gasteiger partial charge >= 0.3 is 21.1 Å². The van der Waals surface area contributed by atoms with Crippen molar-refractivity contribution in [2.45, 2.75) is 91.9 Å². The van der Waals surface area contributed by atoms with E-state index in [2.05, 4.69) is 188 Å². The molecule has 0 aliphatic rings. The second-order valence-corrected chi connectivity index (χ2v) is 17.8. The normalized spacial score (nSPS) is 12.1. The van der Waals surface area contributed by atoms with Gasteiger partial charge in [0.1, 0.15) is 5.82 Å².